The number of carbonyl (C=O) groups excluding carboxylic acids is 6. The summed E-state index contributed by atoms with van der Waals surface area (Å²) in [4.78, 5) is 59.5. The SMILES string of the molecule is CCC(=O)CC(=O)[O-].CCC(=O)CC(=O)[O-].CCC(=O)CC(=O)[O-].[Y+3]. The minimum atomic E-state index is -1.29. The number of hydrogen-bond acceptors (Lipinski definition) is 9. The van der Waals surface area contributed by atoms with Gasteiger partial charge in [-0.3, -0.25) is 14.4 Å². The Morgan fingerprint density at radius 2 is 0.680 bits per heavy atom. The van der Waals surface area contributed by atoms with Crippen molar-refractivity contribution in [3.05, 3.63) is 0 Å². The number of aliphatic carboxylic acids is 3. The maximum atomic E-state index is 10.2. The van der Waals surface area contributed by atoms with Crippen LogP contribution in [0.5, 0.6) is 0 Å². The maximum absolute atomic E-state index is 10.2. The molecule has 10 heteroatoms. The molecule has 9 nitrogen and oxygen atoms in total. The van der Waals surface area contributed by atoms with Crippen molar-refractivity contribution in [2.24, 2.45) is 0 Å². The molecule has 0 rings (SSSR count). The minimum absolute atomic E-state index is 0. The first-order valence-electron chi connectivity index (χ1n) is 7.14. The van der Waals surface area contributed by atoms with Crippen molar-refractivity contribution >= 4 is 35.3 Å². The first-order chi connectivity index (χ1) is 11.0. The fourth-order valence-electron chi connectivity index (χ4n) is 0.858. The first kappa shape index (κ1) is 31.3. The zero-order valence-electron chi connectivity index (χ0n) is 14.5. The van der Waals surface area contributed by atoms with Gasteiger partial charge in [-0.15, -0.1) is 0 Å². The summed E-state index contributed by atoms with van der Waals surface area (Å²) in [5.74, 6) is -4.74. The van der Waals surface area contributed by atoms with Gasteiger partial charge in [0.15, 0.2) is 0 Å². The molecule has 0 aromatic rings. The largest absolute Gasteiger partial charge is 3.00 e. The predicted octanol–water partition coefficient (Wildman–Crippen LogP) is -2.69. The van der Waals surface area contributed by atoms with Crippen molar-refractivity contribution in [1.29, 1.82) is 0 Å². The van der Waals surface area contributed by atoms with Gasteiger partial charge in [-0.2, -0.15) is 0 Å². The molecule has 0 saturated heterocycles. The molecule has 0 N–H and O–H groups in total. The van der Waals surface area contributed by atoms with Gasteiger partial charge in [0.05, 0.1) is 0 Å². The smallest absolute Gasteiger partial charge is 0.550 e. The topological polar surface area (TPSA) is 172 Å². The third kappa shape index (κ3) is 34.7. The summed E-state index contributed by atoms with van der Waals surface area (Å²) in [5, 5.41) is 28.9. The third-order valence-corrected chi connectivity index (χ3v) is 2.21. The van der Waals surface area contributed by atoms with E-state index in [1.807, 2.05) is 0 Å². The second-order valence-electron chi connectivity index (χ2n) is 4.32. The predicted molar refractivity (Wildman–Crippen MR) is 74.8 cm³/mol. The molecule has 138 valence electrons. The van der Waals surface area contributed by atoms with E-state index in [2.05, 4.69) is 0 Å². The van der Waals surface area contributed by atoms with E-state index in [9.17, 15) is 44.1 Å². The van der Waals surface area contributed by atoms with E-state index in [4.69, 9.17) is 0 Å². The summed E-state index contributed by atoms with van der Waals surface area (Å²) in [6, 6.07) is 0. The Morgan fingerprint density at radius 1 is 0.520 bits per heavy atom. The van der Waals surface area contributed by atoms with Gasteiger partial charge in [-0.25, -0.2) is 0 Å². The average molecular weight is 434 g/mol. The second kappa shape index (κ2) is 20.6. The number of ketones is 3. The van der Waals surface area contributed by atoms with E-state index >= 15 is 0 Å². The van der Waals surface area contributed by atoms with Gasteiger partial charge >= 0.3 is 32.7 Å². The van der Waals surface area contributed by atoms with Crippen molar-refractivity contribution in [2.45, 2.75) is 59.3 Å². The number of carboxylic acids is 3. The van der Waals surface area contributed by atoms with Gasteiger partial charge in [0.25, 0.3) is 0 Å². The number of carbonyl (C=O) groups is 6. The van der Waals surface area contributed by atoms with E-state index in [0.29, 0.717) is 0 Å². The van der Waals surface area contributed by atoms with E-state index in [1.54, 1.807) is 20.8 Å². The van der Waals surface area contributed by atoms with Gasteiger partial charge in [-0.1, -0.05) is 20.8 Å². The number of rotatable bonds is 9. The Hall–Kier alpha value is -1.48. The van der Waals surface area contributed by atoms with Crippen LogP contribution < -0.4 is 15.3 Å². The van der Waals surface area contributed by atoms with Gasteiger partial charge in [0, 0.05) is 56.4 Å². The molecular weight excluding hydrogens is 413 g/mol. The van der Waals surface area contributed by atoms with Crippen molar-refractivity contribution in [2.75, 3.05) is 0 Å². The van der Waals surface area contributed by atoms with Gasteiger partial charge in [0.2, 0.25) is 0 Å². The van der Waals surface area contributed by atoms with Crippen LogP contribution in [0.1, 0.15) is 59.3 Å². The Bertz CT molecular complexity index is 391. The average Bonchev–Trinajstić information content (AvgIpc) is 2.46. The van der Waals surface area contributed by atoms with Crippen LogP contribution in [0.15, 0.2) is 0 Å². The van der Waals surface area contributed by atoms with E-state index in [-0.39, 0.29) is 69.3 Å². The fraction of sp³-hybridized carbons (Fsp3) is 0.600. The van der Waals surface area contributed by atoms with E-state index in [1.165, 1.54) is 0 Å². The Morgan fingerprint density at radius 3 is 0.720 bits per heavy atom. The van der Waals surface area contributed by atoms with Crippen LogP contribution >= 0.6 is 0 Å². The standard InChI is InChI=1S/3C5H8O3.Y/c3*1-2-4(6)3-5(7)8;/h3*2-3H2,1H3,(H,7,8);/q;;;+3/p-3. The van der Waals surface area contributed by atoms with Gasteiger partial charge < -0.3 is 29.7 Å². The van der Waals surface area contributed by atoms with Gasteiger partial charge in [-0.05, 0) is 0 Å². The number of hydrogen-bond donors (Lipinski definition) is 0. The quantitative estimate of drug-likeness (QED) is 0.351. The van der Waals surface area contributed by atoms with Crippen LogP contribution in [0.25, 0.3) is 0 Å². The zero-order chi connectivity index (χ0) is 19.7. The van der Waals surface area contributed by atoms with Crippen molar-refractivity contribution in [3.63, 3.8) is 0 Å². The third-order valence-electron chi connectivity index (χ3n) is 2.21. The monoisotopic (exact) mass is 434 g/mol. The molecule has 0 aromatic carbocycles. The summed E-state index contributed by atoms with van der Waals surface area (Å²) in [7, 11) is 0. The van der Waals surface area contributed by atoms with E-state index < -0.39 is 37.2 Å². The molecule has 0 aliphatic rings. The van der Waals surface area contributed by atoms with E-state index in [0.717, 1.165) is 0 Å². The first-order valence-corrected chi connectivity index (χ1v) is 7.14. The van der Waals surface area contributed by atoms with Crippen LogP contribution in [-0.4, -0.2) is 35.3 Å². The number of carboxylic acid groups (broad SMARTS) is 3. The molecule has 0 radical (unpaired) electrons. The molecule has 0 spiro atoms. The molecule has 0 amide bonds. The summed E-state index contributed by atoms with van der Waals surface area (Å²) in [6.45, 7) is 4.85. The molecule has 0 bridgehead atoms. The summed E-state index contributed by atoms with van der Waals surface area (Å²) >= 11 is 0. The molecule has 0 unspecified atom stereocenters. The molecular formula is C15H21O9Y. The second-order valence-corrected chi connectivity index (χ2v) is 4.32. The molecule has 0 aromatic heterocycles. The van der Waals surface area contributed by atoms with Crippen LogP contribution in [0.3, 0.4) is 0 Å². The molecule has 0 heterocycles. The van der Waals surface area contributed by atoms with Crippen molar-refractivity contribution < 1.29 is 76.8 Å². The fourth-order valence-corrected chi connectivity index (χ4v) is 0.858. The molecule has 0 atom stereocenters. The van der Waals surface area contributed by atoms with Crippen molar-refractivity contribution in [3.8, 4) is 0 Å². The molecule has 0 saturated carbocycles. The summed E-state index contributed by atoms with van der Waals surface area (Å²) < 4.78 is 0. The number of Topliss-reactive ketones (excluding diaryl/α,β-unsaturated/α-hetero) is 3. The minimum Gasteiger partial charge on any atom is -0.550 e. The zero-order valence-corrected chi connectivity index (χ0v) is 17.3. The summed E-state index contributed by atoms with van der Waals surface area (Å²) in [5.41, 5.74) is 0. The molecule has 25 heavy (non-hydrogen) atoms. The van der Waals surface area contributed by atoms with Crippen LogP contribution in [0.2, 0.25) is 0 Å². The normalized spacial score (nSPS) is 8.28. The van der Waals surface area contributed by atoms with Crippen molar-refractivity contribution in [1.82, 2.24) is 0 Å². The molecule has 0 aliphatic heterocycles. The summed E-state index contributed by atoms with van der Waals surface area (Å²) in [6.07, 6.45) is -0.528. The van der Waals surface area contributed by atoms with Crippen LogP contribution in [0, 0.1) is 0 Å². The molecule has 0 aliphatic carbocycles. The Kier molecular flexibility index (Phi) is 25.8. The van der Waals surface area contributed by atoms with Crippen LogP contribution in [0.4, 0.5) is 0 Å². The maximum Gasteiger partial charge on any atom is 3.00 e. The van der Waals surface area contributed by atoms with Crippen LogP contribution in [-0.2, 0) is 61.5 Å². The van der Waals surface area contributed by atoms with Gasteiger partial charge in [0.1, 0.15) is 17.3 Å². The Balaban J connectivity index is -0.000000130. The molecule has 0 fully saturated rings. The Labute approximate surface area is 171 Å².